The molecule has 0 radical (unpaired) electrons. The van der Waals surface area contributed by atoms with E-state index < -0.39 is 71.8 Å². The van der Waals surface area contributed by atoms with Gasteiger partial charge in [-0.2, -0.15) is 0 Å². The van der Waals surface area contributed by atoms with Crippen molar-refractivity contribution in [1.29, 1.82) is 0 Å². The fourth-order valence-corrected chi connectivity index (χ4v) is 3.90. The number of ether oxygens (including phenoxy) is 7. The summed E-state index contributed by atoms with van der Waals surface area (Å²) in [6.45, 7) is 6.96. The summed E-state index contributed by atoms with van der Waals surface area (Å²) >= 11 is 3.36. The number of hydrogen-bond acceptors (Lipinski definition) is 12. The maximum atomic E-state index is 12.5. The Balaban J connectivity index is 2.51. The van der Waals surface area contributed by atoms with Crippen LogP contribution in [0.15, 0.2) is 30.3 Å². The van der Waals surface area contributed by atoms with Gasteiger partial charge >= 0.3 is 23.9 Å². The number of carbonyl (C=O) groups is 5. The van der Waals surface area contributed by atoms with E-state index >= 15 is 0 Å². The second-order valence-corrected chi connectivity index (χ2v) is 10.6. The highest BCUT2D eigenvalue weighted by molar-refractivity contribution is 9.10. The molecule has 0 bridgehead atoms. The average molecular weight is 617 g/mol. The van der Waals surface area contributed by atoms with Crippen LogP contribution in [0, 0.1) is 0 Å². The monoisotopic (exact) mass is 616 g/mol. The topological polar surface area (TPSA) is 150 Å². The predicted octanol–water partition coefficient (Wildman–Crippen LogP) is 2.37. The van der Waals surface area contributed by atoms with E-state index in [0.717, 1.165) is 26.3 Å². The average Bonchev–Trinajstić information content (AvgIpc) is 2.83. The van der Waals surface area contributed by atoms with E-state index in [1.165, 1.54) is 20.8 Å². The van der Waals surface area contributed by atoms with Gasteiger partial charge in [-0.05, 0) is 19.4 Å². The summed E-state index contributed by atoms with van der Waals surface area (Å²) < 4.78 is 37.9. The fraction of sp³-hybridized carbons (Fsp3) is 0.577. The quantitative estimate of drug-likeness (QED) is 0.147. The molecule has 1 saturated heterocycles. The van der Waals surface area contributed by atoms with Crippen LogP contribution in [0.2, 0.25) is 0 Å². The van der Waals surface area contributed by atoms with Crippen molar-refractivity contribution in [3.05, 3.63) is 35.9 Å². The molecular weight excluding hydrogens is 584 g/mol. The van der Waals surface area contributed by atoms with Crippen LogP contribution < -0.4 is 0 Å². The summed E-state index contributed by atoms with van der Waals surface area (Å²) in [6.07, 6.45) is -8.31. The number of benzene rings is 1. The standard InChI is InChI=1S/C26H33BrO12/c1-14(28)26(6,27)25(34-12-19-10-8-7-9-11-19)39-24-23(37-18(5)32)22(36-17(4)31)21(35-16(3)30)20(38-24)13-33-15(2)29/h7-11,20-25H,12-13H2,1-6H3/t20-,21-,22+,23-,24+,25-,26+/m1/s1. The van der Waals surface area contributed by atoms with Gasteiger partial charge in [0.05, 0.1) is 6.61 Å². The third kappa shape index (κ3) is 9.67. The molecular formula is C26H33BrO12. The Hall–Kier alpha value is -2.87. The molecule has 1 fully saturated rings. The smallest absolute Gasteiger partial charge is 0.303 e. The molecule has 7 atom stereocenters. The van der Waals surface area contributed by atoms with Crippen molar-refractivity contribution in [2.75, 3.05) is 6.61 Å². The molecule has 0 N–H and O–H groups in total. The lowest BCUT2D eigenvalue weighted by atomic mass is 9.98. The van der Waals surface area contributed by atoms with Gasteiger partial charge in [0, 0.05) is 27.7 Å². The van der Waals surface area contributed by atoms with Gasteiger partial charge in [-0.3, -0.25) is 24.0 Å². The summed E-state index contributed by atoms with van der Waals surface area (Å²) in [4.78, 5) is 60.1. The minimum absolute atomic E-state index is 0.0330. The molecule has 0 aromatic heterocycles. The largest absolute Gasteiger partial charge is 0.463 e. The van der Waals surface area contributed by atoms with Crippen LogP contribution in [-0.4, -0.2) is 77.6 Å². The van der Waals surface area contributed by atoms with Crippen molar-refractivity contribution >= 4 is 45.6 Å². The van der Waals surface area contributed by atoms with Gasteiger partial charge in [0.2, 0.25) is 6.29 Å². The first-order valence-electron chi connectivity index (χ1n) is 12.0. The molecule has 0 unspecified atom stereocenters. The summed E-state index contributed by atoms with van der Waals surface area (Å²) in [5, 5.41) is 0. The Morgan fingerprint density at radius 2 is 1.38 bits per heavy atom. The summed E-state index contributed by atoms with van der Waals surface area (Å²) in [5.74, 6) is -3.34. The molecule has 1 aliphatic heterocycles. The van der Waals surface area contributed by atoms with Crippen LogP contribution in [0.1, 0.15) is 47.1 Å². The number of halogens is 1. The van der Waals surface area contributed by atoms with Gasteiger partial charge in [0.15, 0.2) is 30.4 Å². The van der Waals surface area contributed by atoms with Crippen molar-refractivity contribution in [2.24, 2.45) is 0 Å². The van der Waals surface area contributed by atoms with Crippen LogP contribution in [0.3, 0.4) is 0 Å². The Morgan fingerprint density at radius 3 is 1.90 bits per heavy atom. The first kappa shape index (κ1) is 32.3. The van der Waals surface area contributed by atoms with Gasteiger partial charge in [-0.15, -0.1) is 0 Å². The SMILES string of the molecule is CC(=O)OC[C@H]1O[C@@H](O[C@@H](OCc2ccccc2)[C@@](C)(Br)C(C)=O)[C@H](OC(C)=O)[C@@H](OC(C)=O)[C@@H]1OC(C)=O. The lowest BCUT2D eigenvalue weighted by Crippen LogP contribution is -2.64. The lowest BCUT2D eigenvalue weighted by molar-refractivity contribution is -0.343. The Kier molecular flexibility index (Phi) is 12.0. The van der Waals surface area contributed by atoms with Crippen molar-refractivity contribution in [3.8, 4) is 0 Å². The maximum Gasteiger partial charge on any atom is 0.303 e. The zero-order chi connectivity index (χ0) is 29.3. The van der Waals surface area contributed by atoms with Gasteiger partial charge in [-0.25, -0.2) is 0 Å². The van der Waals surface area contributed by atoms with Gasteiger partial charge in [-0.1, -0.05) is 46.3 Å². The Bertz CT molecular complexity index is 1030. The lowest BCUT2D eigenvalue weighted by Gasteiger charge is -2.45. The van der Waals surface area contributed by atoms with Crippen molar-refractivity contribution < 1.29 is 57.1 Å². The van der Waals surface area contributed by atoms with Crippen LogP contribution in [0.4, 0.5) is 0 Å². The molecule has 1 aliphatic rings. The zero-order valence-corrected chi connectivity index (χ0v) is 24.1. The van der Waals surface area contributed by atoms with Crippen LogP contribution in [0.25, 0.3) is 0 Å². The summed E-state index contributed by atoms with van der Waals surface area (Å²) in [5.41, 5.74) is 0.777. The molecule has 13 heteroatoms. The Morgan fingerprint density at radius 1 is 0.846 bits per heavy atom. The second kappa shape index (κ2) is 14.5. The van der Waals surface area contributed by atoms with Gasteiger partial charge < -0.3 is 33.2 Å². The maximum absolute atomic E-state index is 12.5. The van der Waals surface area contributed by atoms with E-state index in [2.05, 4.69) is 15.9 Å². The van der Waals surface area contributed by atoms with Crippen LogP contribution in [0.5, 0.6) is 0 Å². The van der Waals surface area contributed by atoms with E-state index in [9.17, 15) is 24.0 Å². The number of esters is 4. The third-order valence-electron chi connectivity index (χ3n) is 5.58. The number of rotatable bonds is 12. The molecule has 39 heavy (non-hydrogen) atoms. The van der Waals surface area contributed by atoms with Crippen molar-refractivity contribution in [1.82, 2.24) is 0 Å². The second-order valence-electron chi connectivity index (χ2n) is 8.96. The van der Waals surface area contributed by atoms with Crippen LogP contribution in [-0.2, 0) is 63.7 Å². The fourth-order valence-electron chi connectivity index (χ4n) is 3.66. The number of Topliss-reactive ketones (excluding diaryl/α,β-unsaturated/α-hetero) is 1. The first-order chi connectivity index (χ1) is 18.2. The Labute approximate surface area is 234 Å². The summed E-state index contributed by atoms with van der Waals surface area (Å²) in [7, 11) is 0. The number of alkyl halides is 1. The van der Waals surface area contributed by atoms with E-state index in [1.54, 1.807) is 0 Å². The molecule has 2 rings (SSSR count). The predicted molar refractivity (Wildman–Crippen MR) is 136 cm³/mol. The molecule has 216 valence electrons. The highest BCUT2D eigenvalue weighted by Gasteiger charge is 2.54. The molecule has 1 heterocycles. The minimum Gasteiger partial charge on any atom is -0.463 e. The number of hydrogen-bond donors (Lipinski definition) is 0. The van der Waals surface area contributed by atoms with Crippen LogP contribution >= 0.6 is 15.9 Å². The van der Waals surface area contributed by atoms with Crippen molar-refractivity contribution in [2.45, 2.75) is 89.5 Å². The molecule has 1 aromatic rings. The molecule has 0 amide bonds. The van der Waals surface area contributed by atoms with E-state index in [1.807, 2.05) is 30.3 Å². The first-order valence-corrected chi connectivity index (χ1v) is 12.8. The third-order valence-corrected chi connectivity index (χ3v) is 6.51. The molecule has 1 aromatic carbocycles. The van der Waals surface area contributed by atoms with E-state index in [4.69, 9.17) is 33.2 Å². The summed E-state index contributed by atoms with van der Waals surface area (Å²) in [6, 6.07) is 9.08. The van der Waals surface area contributed by atoms with Gasteiger partial charge in [0.1, 0.15) is 17.0 Å². The molecule has 0 spiro atoms. The highest BCUT2D eigenvalue weighted by Crippen LogP contribution is 2.34. The van der Waals surface area contributed by atoms with Gasteiger partial charge in [0.25, 0.3) is 0 Å². The minimum atomic E-state index is -1.53. The molecule has 0 aliphatic carbocycles. The normalized spacial score (nSPS) is 24.9. The number of carbonyl (C=O) groups excluding carboxylic acids is 5. The highest BCUT2D eigenvalue weighted by atomic mass is 79.9. The molecule has 0 saturated carbocycles. The van der Waals surface area contributed by atoms with E-state index in [0.29, 0.717) is 0 Å². The zero-order valence-electron chi connectivity index (χ0n) is 22.5. The number of ketones is 1. The van der Waals surface area contributed by atoms with Crippen molar-refractivity contribution in [3.63, 3.8) is 0 Å². The van der Waals surface area contributed by atoms with E-state index in [-0.39, 0.29) is 12.4 Å². The molecule has 12 nitrogen and oxygen atoms in total.